The van der Waals surface area contributed by atoms with Gasteiger partial charge in [-0.3, -0.25) is 4.79 Å². The molecule has 0 unspecified atom stereocenters. The summed E-state index contributed by atoms with van der Waals surface area (Å²) in [5, 5.41) is 2.69. The molecular formula is C22H21BrN2O4S. The molecule has 0 radical (unpaired) electrons. The highest BCUT2D eigenvalue weighted by Crippen LogP contribution is 2.22. The van der Waals surface area contributed by atoms with Crippen molar-refractivity contribution >= 4 is 37.5 Å². The molecule has 0 aliphatic carbocycles. The van der Waals surface area contributed by atoms with E-state index in [2.05, 4.69) is 26.0 Å². The topological polar surface area (TPSA) is 84.5 Å². The summed E-state index contributed by atoms with van der Waals surface area (Å²) in [5.41, 5.74) is 2.26. The van der Waals surface area contributed by atoms with Gasteiger partial charge >= 0.3 is 0 Å². The van der Waals surface area contributed by atoms with Crippen LogP contribution in [0.2, 0.25) is 0 Å². The maximum atomic E-state index is 12.4. The van der Waals surface area contributed by atoms with E-state index < -0.39 is 10.0 Å². The Balaban J connectivity index is 1.55. The molecule has 2 N–H and O–H groups in total. The van der Waals surface area contributed by atoms with Gasteiger partial charge in [-0.2, -0.15) is 0 Å². The molecule has 30 heavy (non-hydrogen) atoms. The Hall–Kier alpha value is -2.68. The number of hydrogen-bond donors (Lipinski definition) is 2. The van der Waals surface area contributed by atoms with Gasteiger partial charge in [0.15, 0.2) is 6.61 Å². The van der Waals surface area contributed by atoms with E-state index in [9.17, 15) is 13.2 Å². The van der Waals surface area contributed by atoms with Crippen LogP contribution in [-0.2, 0) is 21.4 Å². The van der Waals surface area contributed by atoms with Crippen LogP contribution in [-0.4, -0.2) is 20.9 Å². The molecule has 1 amide bonds. The van der Waals surface area contributed by atoms with Crippen LogP contribution in [0.1, 0.15) is 11.1 Å². The van der Waals surface area contributed by atoms with E-state index in [0.29, 0.717) is 11.4 Å². The van der Waals surface area contributed by atoms with Crippen LogP contribution in [0.3, 0.4) is 0 Å². The normalized spacial score (nSPS) is 11.1. The number of benzene rings is 3. The van der Waals surface area contributed by atoms with E-state index in [1.807, 2.05) is 49.4 Å². The van der Waals surface area contributed by atoms with Crippen LogP contribution in [0.4, 0.5) is 5.69 Å². The third-order valence-corrected chi connectivity index (χ3v) is 6.16. The average molecular weight is 489 g/mol. The summed E-state index contributed by atoms with van der Waals surface area (Å²) < 4.78 is 33.9. The summed E-state index contributed by atoms with van der Waals surface area (Å²) >= 11 is 3.38. The number of rotatable bonds is 8. The fourth-order valence-corrected chi connectivity index (χ4v) is 4.18. The lowest BCUT2D eigenvalue weighted by Gasteiger charge is -2.11. The molecule has 0 spiro atoms. The Labute approximate surface area is 184 Å². The Morgan fingerprint density at radius 2 is 1.70 bits per heavy atom. The highest BCUT2D eigenvalue weighted by molar-refractivity contribution is 9.10. The molecule has 0 aromatic heterocycles. The number of halogens is 1. The lowest BCUT2D eigenvalue weighted by molar-refractivity contribution is -0.118. The smallest absolute Gasteiger partial charge is 0.262 e. The zero-order chi connectivity index (χ0) is 21.6. The summed E-state index contributed by atoms with van der Waals surface area (Å²) in [6.07, 6.45) is 0. The van der Waals surface area contributed by atoms with Gasteiger partial charge in [-0.1, -0.05) is 46.3 Å². The third-order valence-electron chi connectivity index (χ3n) is 4.25. The van der Waals surface area contributed by atoms with Crippen molar-refractivity contribution in [3.63, 3.8) is 0 Å². The minimum absolute atomic E-state index is 0.123. The van der Waals surface area contributed by atoms with Crippen LogP contribution in [0.15, 0.2) is 82.2 Å². The predicted octanol–water partition coefficient (Wildman–Crippen LogP) is 4.25. The molecular weight excluding hydrogens is 468 g/mol. The summed E-state index contributed by atoms with van der Waals surface area (Å²) in [6, 6.07) is 20.8. The molecule has 6 nitrogen and oxygen atoms in total. The number of nitrogens with one attached hydrogen (secondary N) is 2. The second-order valence-corrected chi connectivity index (χ2v) is 9.26. The van der Waals surface area contributed by atoms with Crippen LogP contribution in [0, 0.1) is 6.92 Å². The van der Waals surface area contributed by atoms with Gasteiger partial charge in [0.1, 0.15) is 5.75 Å². The molecule has 8 heteroatoms. The molecule has 0 aliphatic heterocycles. The number of anilines is 1. The quantitative estimate of drug-likeness (QED) is 0.496. The molecule has 3 aromatic carbocycles. The number of sulfonamides is 1. The first-order valence-corrected chi connectivity index (χ1v) is 11.4. The van der Waals surface area contributed by atoms with E-state index in [0.717, 1.165) is 15.6 Å². The first kappa shape index (κ1) is 22.0. The SMILES string of the molecule is Cc1cc(Br)ccc1OCC(=O)Nc1ccc(S(=O)(=O)NCc2ccccc2)cc1. The summed E-state index contributed by atoms with van der Waals surface area (Å²) in [7, 11) is -3.65. The standard InChI is InChI=1S/C22H21BrN2O4S/c1-16-13-18(23)7-12-21(16)29-15-22(26)25-19-8-10-20(11-9-19)30(27,28)24-14-17-5-3-2-4-6-17/h2-13,24H,14-15H2,1H3,(H,25,26). The van der Waals surface area contributed by atoms with E-state index in [-0.39, 0.29) is 24.0 Å². The van der Waals surface area contributed by atoms with Crippen molar-refractivity contribution in [2.45, 2.75) is 18.4 Å². The van der Waals surface area contributed by atoms with Crippen molar-refractivity contribution in [2.75, 3.05) is 11.9 Å². The van der Waals surface area contributed by atoms with Crippen molar-refractivity contribution < 1.29 is 17.9 Å². The van der Waals surface area contributed by atoms with E-state index in [1.54, 1.807) is 18.2 Å². The first-order valence-electron chi connectivity index (χ1n) is 9.16. The number of carbonyl (C=O) groups is 1. The van der Waals surface area contributed by atoms with Crippen LogP contribution in [0.5, 0.6) is 5.75 Å². The monoisotopic (exact) mass is 488 g/mol. The molecule has 156 valence electrons. The van der Waals surface area contributed by atoms with Crippen molar-refractivity contribution in [2.24, 2.45) is 0 Å². The molecule has 0 bridgehead atoms. The van der Waals surface area contributed by atoms with Crippen LogP contribution in [0.25, 0.3) is 0 Å². The molecule has 0 saturated carbocycles. The van der Waals surface area contributed by atoms with Crippen LogP contribution >= 0.6 is 15.9 Å². The lowest BCUT2D eigenvalue weighted by Crippen LogP contribution is -2.23. The molecule has 3 aromatic rings. The summed E-state index contributed by atoms with van der Waals surface area (Å²) in [5.74, 6) is 0.286. The highest BCUT2D eigenvalue weighted by atomic mass is 79.9. The van der Waals surface area contributed by atoms with E-state index >= 15 is 0 Å². The van der Waals surface area contributed by atoms with Gasteiger partial charge in [0.2, 0.25) is 10.0 Å². The predicted molar refractivity (Wildman–Crippen MR) is 120 cm³/mol. The van der Waals surface area contributed by atoms with Gasteiger partial charge in [-0.25, -0.2) is 13.1 Å². The summed E-state index contributed by atoms with van der Waals surface area (Å²) in [4.78, 5) is 12.3. The Bertz CT molecular complexity index is 1120. The minimum Gasteiger partial charge on any atom is -0.483 e. The second kappa shape index (κ2) is 9.88. The largest absolute Gasteiger partial charge is 0.483 e. The molecule has 0 aliphatic rings. The van der Waals surface area contributed by atoms with E-state index in [4.69, 9.17) is 4.74 Å². The van der Waals surface area contributed by atoms with Gasteiger partial charge in [-0.15, -0.1) is 0 Å². The van der Waals surface area contributed by atoms with Crippen molar-refractivity contribution in [3.05, 3.63) is 88.4 Å². The Kier molecular flexibility index (Phi) is 7.25. The highest BCUT2D eigenvalue weighted by Gasteiger charge is 2.14. The van der Waals surface area contributed by atoms with Gasteiger partial charge in [0.25, 0.3) is 5.91 Å². The molecule has 0 atom stereocenters. The van der Waals surface area contributed by atoms with E-state index in [1.165, 1.54) is 12.1 Å². The third kappa shape index (κ3) is 6.16. The number of aryl methyl sites for hydroxylation is 1. The number of carbonyl (C=O) groups excluding carboxylic acids is 1. The maximum absolute atomic E-state index is 12.4. The van der Waals surface area contributed by atoms with Gasteiger partial charge in [0, 0.05) is 16.7 Å². The maximum Gasteiger partial charge on any atom is 0.262 e. The van der Waals surface area contributed by atoms with Gasteiger partial charge in [-0.05, 0) is 60.5 Å². The van der Waals surface area contributed by atoms with Gasteiger partial charge in [0.05, 0.1) is 4.90 Å². The zero-order valence-electron chi connectivity index (χ0n) is 16.3. The molecule has 3 rings (SSSR count). The Morgan fingerprint density at radius 1 is 1.00 bits per heavy atom. The number of ether oxygens (including phenoxy) is 1. The fourth-order valence-electron chi connectivity index (χ4n) is 2.69. The molecule has 0 saturated heterocycles. The fraction of sp³-hybridized carbons (Fsp3) is 0.136. The Morgan fingerprint density at radius 3 is 2.37 bits per heavy atom. The number of hydrogen-bond acceptors (Lipinski definition) is 4. The van der Waals surface area contributed by atoms with Crippen molar-refractivity contribution in [1.82, 2.24) is 4.72 Å². The average Bonchev–Trinajstić information content (AvgIpc) is 2.73. The van der Waals surface area contributed by atoms with Gasteiger partial charge < -0.3 is 10.1 Å². The zero-order valence-corrected chi connectivity index (χ0v) is 18.7. The summed E-state index contributed by atoms with van der Waals surface area (Å²) in [6.45, 7) is 1.94. The van der Waals surface area contributed by atoms with Crippen molar-refractivity contribution in [3.8, 4) is 5.75 Å². The first-order chi connectivity index (χ1) is 14.3. The lowest BCUT2D eigenvalue weighted by atomic mass is 10.2. The van der Waals surface area contributed by atoms with Crippen LogP contribution < -0.4 is 14.8 Å². The number of amides is 1. The second-order valence-electron chi connectivity index (χ2n) is 6.58. The van der Waals surface area contributed by atoms with Crippen molar-refractivity contribution in [1.29, 1.82) is 0 Å². The minimum atomic E-state index is -3.65. The molecule has 0 heterocycles. The molecule has 0 fully saturated rings.